The number of aryl methyl sites for hydroxylation is 2. The molecule has 0 fully saturated rings. The Hall–Kier alpha value is -3.33. The topological polar surface area (TPSA) is 98.1 Å². The predicted molar refractivity (Wildman–Crippen MR) is 123 cm³/mol. The van der Waals surface area contributed by atoms with E-state index in [2.05, 4.69) is 34.9 Å². The Morgan fingerprint density at radius 1 is 1.12 bits per heavy atom. The van der Waals surface area contributed by atoms with E-state index in [1.165, 1.54) is 0 Å². The second-order valence-electron chi connectivity index (χ2n) is 7.68. The molecule has 0 spiro atoms. The number of carbonyl (C=O) groups is 2. The number of hydrogen-bond acceptors (Lipinski definition) is 6. The van der Waals surface area contributed by atoms with Crippen LogP contribution in [0.25, 0.3) is 0 Å². The van der Waals surface area contributed by atoms with Crippen LogP contribution in [-0.4, -0.2) is 33.2 Å². The van der Waals surface area contributed by atoms with Gasteiger partial charge in [-0.1, -0.05) is 49.9 Å². The third-order valence-corrected chi connectivity index (χ3v) is 5.91. The van der Waals surface area contributed by atoms with Gasteiger partial charge < -0.3 is 9.30 Å². The number of ether oxygens (including phenoxy) is 1. The maximum atomic E-state index is 12.3. The van der Waals surface area contributed by atoms with E-state index in [4.69, 9.17) is 4.74 Å². The summed E-state index contributed by atoms with van der Waals surface area (Å²) in [5, 5.41) is 8.70. The zero-order chi connectivity index (χ0) is 23.1. The minimum atomic E-state index is -0.440. The molecule has 32 heavy (non-hydrogen) atoms. The highest BCUT2D eigenvalue weighted by Gasteiger charge is 2.10. The van der Waals surface area contributed by atoms with Gasteiger partial charge in [-0.15, -0.1) is 10.2 Å². The van der Waals surface area contributed by atoms with Gasteiger partial charge in [0.1, 0.15) is 12.1 Å². The van der Waals surface area contributed by atoms with Crippen molar-refractivity contribution >= 4 is 23.6 Å². The largest absolute Gasteiger partial charge is 0.483 e. The number of aromatic nitrogens is 3. The number of thioether (sulfide) groups is 1. The smallest absolute Gasteiger partial charge is 0.276 e. The van der Waals surface area contributed by atoms with Crippen molar-refractivity contribution in [1.82, 2.24) is 25.6 Å². The standard InChI is InChI=1S/C23H27N5O3S/c1-15(2)19-8-5-16(3)20(11-19)31-12-21(29)25-26-22(30)18-9-6-17(7-10-18)13-32-23-27-24-14-28(23)4/h5-11,14-15H,12-13H2,1-4H3,(H,25,29)(H,26,30). The third kappa shape index (κ3) is 6.34. The molecule has 3 aromatic rings. The quantitative estimate of drug-likeness (QED) is 0.401. The third-order valence-electron chi connectivity index (χ3n) is 4.81. The summed E-state index contributed by atoms with van der Waals surface area (Å²) in [6.45, 7) is 5.93. The summed E-state index contributed by atoms with van der Waals surface area (Å²) in [5.74, 6) is 0.892. The SMILES string of the molecule is Cc1ccc(C(C)C)cc1OCC(=O)NNC(=O)c1ccc(CSc2nncn2C)cc1. The van der Waals surface area contributed by atoms with Crippen LogP contribution in [0.1, 0.15) is 46.8 Å². The van der Waals surface area contributed by atoms with Crippen LogP contribution < -0.4 is 15.6 Å². The fourth-order valence-electron chi connectivity index (χ4n) is 2.81. The highest BCUT2D eigenvalue weighted by atomic mass is 32.2. The van der Waals surface area contributed by atoms with Crippen LogP contribution in [0.3, 0.4) is 0 Å². The molecular formula is C23H27N5O3S. The lowest BCUT2D eigenvalue weighted by molar-refractivity contribution is -0.123. The van der Waals surface area contributed by atoms with Gasteiger partial charge in [0.2, 0.25) is 0 Å². The van der Waals surface area contributed by atoms with Crippen LogP contribution in [0.15, 0.2) is 53.9 Å². The van der Waals surface area contributed by atoms with Crippen molar-refractivity contribution in [3.63, 3.8) is 0 Å². The first-order valence-electron chi connectivity index (χ1n) is 10.2. The Bertz CT molecular complexity index is 1080. The molecule has 0 aliphatic carbocycles. The first kappa shape index (κ1) is 23.3. The minimum absolute atomic E-state index is 0.194. The first-order valence-corrected chi connectivity index (χ1v) is 11.2. The second-order valence-corrected chi connectivity index (χ2v) is 8.62. The van der Waals surface area contributed by atoms with Gasteiger partial charge in [-0.05, 0) is 47.7 Å². The maximum absolute atomic E-state index is 12.3. The van der Waals surface area contributed by atoms with Crippen molar-refractivity contribution in [2.45, 2.75) is 37.6 Å². The molecule has 0 bridgehead atoms. The Kier molecular flexibility index (Phi) is 7.88. The van der Waals surface area contributed by atoms with E-state index in [9.17, 15) is 9.59 Å². The van der Waals surface area contributed by atoms with Crippen LogP contribution in [0, 0.1) is 6.92 Å². The van der Waals surface area contributed by atoms with Gasteiger partial charge in [-0.25, -0.2) is 0 Å². The van der Waals surface area contributed by atoms with Crippen LogP contribution in [0.4, 0.5) is 0 Å². The summed E-state index contributed by atoms with van der Waals surface area (Å²) in [4.78, 5) is 24.4. The van der Waals surface area contributed by atoms with Crippen molar-refractivity contribution in [2.24, 2.45) is 7.05 Å². The zero-order valence-corrected chi connectivity index (χ0v) is 19.4. The number of hydrogen-bond donors (Lipinski definition) is 2. The van der Waals surface area contributed by atoms with Gasteiger partial charge in [-0.3, -0.25) is 20.4 Å². The molecule has 9 heteroatoms. The summed E-state index contributed by atoms with van der Waals surface area (Å²) >= 11 is 1.56. The summed E-state index contributed by atoms with van der Waals surface area (Å²) in [6, 6.07) is 13.1. The van der Waals surface area contributed by atoms with E-state index in [-0.39, 0.29) is 6.61 Å². The highest BCUT2D eigenvalue weighted by molar-refractivity contribution is 7.98. The normalized spacial score (nSPS) is 10.8. The first-order chi connectivity index (χ1) is 15.3. The molecule has 0 saturated heterocycles. The van der Waals surface area contributed by atoms with Gasteiger partial charge in [0.25, 0.3) is 11.8 Å². The lowest BCUT2D eigenvalue weighted by Crippen LogP contribution is -2.43. The molecule has 0 aliphatic rings. The summed E-state index contributed by atoms with van der Waals surface area (Å²) < 4.78 is 7.48. The molecular weight excluding hydrogens is 426 g/mol. The molecule has 0 atom stereocenters. The zero-order valence-electron chi connectivity index (χ0n) is 18.6. The van der Waals surface area contributed by atoms with E-state index < -0.39 is 11.8 Å². The monoisotopic (exact) mass is 453 g/mol. The van der Waals surface area contributed by atoms with E-state index in [1.54, 1.807) is 30.2 Å². The van der Waals surface area contributed by atoms with E-state index >= 15 is 0 Å². The van der Waals surface area contributed by atoms with Crippen molar-refractivity contribution < 1.29 is 14.3 Å². The molecule has 0 aliphatic heterocycles. The molecule has 0 unspecified atom stereocenters. The Morgan fingerprint density at radius 2 is 1.88 bits per heavy atom. The molecule has 2 N–H and O–H groups in total. The lowest BCUT2D eigenvalue weighted by Gasteiger charge is -2.13. The Balaban J connectivity index is 1.45. The summed E-state index contributed by atoms with van der Waals surface area (Å²) in [5.41, 5.74) is 8.38. The van der Waals surface area contributed by atoms with Gasteiger partial charge in [0, 0.05) is 18.4 Å². The molecule has 1 heterocycles. The number of rotatable bonds is 8. The molecule has 0 radical (unpaired) electrons. The number of carbonyl (C=O) groups excluding carboxylic acids is 2. The summed E-state index contributed by atoms with van der Waals surface area (Å²) in [6.07, 6.45) is 1.65. The van der Waals surface area contributed by atoms with E-state index in [0.717, 1.165) is 21.8 Å². The molecule has 168 valence electrons. The fourth-order valence-corrected chi connectivity index (χ4v) is 3.66. The van der Waals surface area contributed by atoms with Crippen molar-refractivity contribution in [3.05, 3.63) is 71.0 Å². The number of benzene rings is 2. The van der Waals surface area contributed by atoms with E-state index in [1.807, 2.05) is 48.9 Å². The molecule has 8 nitrogen and oxygen atoms in total. The summed E-state index contributed by atoms with van der Waals surface area (Å²) in [7, 11) is 1.89. The van der Waals surface area contributed by atoms with Gasteiger partial charge >= 0.3 is 0 Å². The maximum Gasteiger partial charge on any atom is 0.276 e. The Labute approximate surface area is 191 Å². The lowest BCUT2D eigenvalue weighted by atomic mass is 10.0. The van der Waals surface area contributed by atoms with Gasteiger partial charge in [0.15, 0.2) is 11.8 Å². The van der Waals surface area contributed by atoms with Crippen LogP contribution in [0.2, 0.25) is 0 Å². The average molecular weight is 454 g/mol. The van der Waals surface area contributed by atoms with Gasteiger partial charge in [-0.2, -0.15) is 0 Å². The van der Waals surface area contributed by atoms with Crippen LogP contribution in [-0.2, 0) is 17.6 Å². The number of nitrogens with zero attached hydrogens (tertiary/aromatic N) is 3. The van der Waals surface area contributed by atoms with Gasteiger partial charge in [0.05, 0.1) is 0 Å². The van der Waals surface area contributed by atoms with Crippen LogP contribution in [0.5, 0.6) is 5.75 Å². The second kappa shape index (κ2) is 10.8. The van der Waals surface area contributed by atoms with Crippen molar-refractivity contribution in [1.29, 1.82) is 0 Å². The highest BCUT2D eigenvalue weighted by Crippen LogP contribution is 2.24. The molecule has 2 aromatic carbocycles. The molecule has 3 rings (SSSR count). The number of nitrogens with one attached hydrogen (secondary N) is 2. The Morgan fingerprint density at radius 3 is 2.53 bits per heavy atom. The molecule has 1 aromatic heterocycles. The van der Waals surface area contributed by atoms with Crippen molar-refractivity contribution in [2.75, 3.05) is 6.61 Å². The average Bonchev–Trinajstić information content (AvgIpc) is 3.20. The minimum Gasteiger partial charge on any atom is -0.483 e. The van der Waals surface area contributed by atoms with E-state index in [0.29, 0.717) is 23.0 Å². The fraction of sp³-hybridized carbons (Fsp3) is 0.304. The number of hydrazine groups is 1. The predicted octanol–water partition coefficient (Wildman–Crippen LogP) is 3.38. The van der Waals surface area contributed by atoms with Crippen molar-refractivity contribution in [3.8, 4) is 5.75 Å². The molecule has 0 saturated carbocycles. The number of amides is 2. The van der Waals surface area contributed by atoms with Crippen LogP contribution >= 0.6 is 11.8 Å². The molecule has 2 amide bonds.